The molecule has 0 fully saturated rings. The highest BCUT2D eigenvalue weighted by Crippen LogP contribution is 2.28. The van der Waals surface area contributed by atoms with Crippen LogP contribution in [0.5, 0.6) is 5.75 Å². The fraction of sp³-hybridized carbons (Fsp3) is 0.200. The van der Waals surface area contributed by atoms with Crippen LogP contribution in [0.25, 0.3) is 5.69 Å². The standard InChI is InChI=1S/C20H18FN3O2/c1-26-16-11-7-14(8-12-16)22-20(25)19-17-3-2-4-18(17)24(23-19)15-9-5-13(21)6-10-15/h5-12H,2-4H2,1H3,(H,22,25). The van der Waals surface area contributed by atoms with Crippen LogP contribution in [0.4, 0.5) is 10.1 Å². The van der Waals surface area contributed by atoms with Crippen LogP contribution in [0, 0.1) is 5.82 Å². The Labute approximate surface area is 150 Å². The van der Waals surface area contributed by atoms with Gasteiger partial charge in [0.15, 0.2) is 5.69 Å². The van der Waals surface area contributed by atoms with Gasteiger partial charge >= 0.3 is 0 Å². The number of ether oxygens (including phenoxy) is 1. The molecular formula is C20H18FN3O2. The zero-order valence-corrected chi connectivity index (χ0v) is 14.3. The van der Waals surface area contributed by atoms with E-state index in [0.29, 0.717) is 11.4 Å². The molecule has 6 heteroatoms. The second-order valence-corrected chi connectivity index (χ2v) is 6.20. The van der Waals surface area contributed by atoms with Gasteiger partial charge in [-0.1, -0.05) is 0 Å². The van der Waals surface area contributed by atoms with Gasteiger partial charge in [-0.2, -0.15) is 5.10 Å². The lowest BCUT2D eigenvalue weighted by molar-refractivity contribution is 0.102. The van der Waals surface area contributed by atoms with Crippen molar-refractivity contribution in [2.24, 2.45) is 0 Å². The lowest BCUT2D eigenvalue weighted by Gasteiger charge is -2.06. The van der Waals surface area contributed by atoms with Crippen molar-refractivity contribution < 1.29 is 13.9 Å². The smallest absolute Gasteiger partial charge is 0.276 e. The Morgan fingerprint density at radius 1 is 1.12 bits per heavy atom. The Hall–Kier alpha value is -3.15. The number of nitrogens with zero attached hydrogens (tertiary/aromatic N) is 2. The number of amides is 1. The molecule has 0 bridgehead atoms. The number of methoxy groups -OCH3 is 1. The van der Waals surface area contributed by atoms with Gasteiger partial charge in [-0.15, -0.1) is 0 Å². The molecule has 1 aromatic heterocycles. The molecule has 1 aliphatic carbocycles. The van der Waals surface area contributed by atoms with Crippen molar-refractivity contribution in [2.45, 2.75) is 19.3 Å². The van der Waals surface area contributed by atoms with Crippen LogP contribution < -0.4 is 10.1 Å². The van der Waals surface area contributed by atoms with E-state index in [1.54, 1.807) is 48.2 Å². The van der Waals surface area contributed by atoms with Crippen molar-refractivity contribution in [3.63, 3.8) is 0 Å². The van der Waals surface area contributed by atoms with E-state index < -0.39 is 0 Å². The van der Waals surface area contributed by atoms with Crippen molar-refractivity contribution >= 4 is 11.6 Å². The third kappa shape index (κ3) is 2.94. The average molecular weight is 351 g/mol. The highest BCUT2D eigenvalue weighted by atomic mass is 19.1. The maximum absolute atomic E-state index is 13.2. The highest BCUT2D eigenvalue weighted by molar-refractivity contribution is 6.04. The zero-order chi connectivity index (χ0) is 18.1. The van der Waals surface area contributed by atoms with E-state index in [-0.39, 0.29) is 11.7 Å². The molecule has 1 heterocycles. The first-order chi connectivity index (χ1) is 12.7. The van der Waals surface area contributed by atoms with E-state index in [4.69, 9.17) is 4.74 Å². The number of halogens is 1. The van der Waals surface area contributed by atoms with Gasteiger partial charge in [-0.05, 0) is 67.8 Å². The van der Waals surface area contributed by atoms with Gasteiger partial charge in [-0.25, -0.2) is 9.07 Å². The van der Waals surface area contributed by atoms with Crippen LogP contribution in [-0.2, 0) is 12.8 Å². The molecule has 5 nitrogen and oxygen atoms in total. The quantitative estimate of drug-likeness (QED) is 0.779. The second-order valence-electron chi connectivity index (χ2n) is 6.20. The third-order valence-corrected chi connectivity index (χ3v) is 4.56. The van der Waals surface area contributed by atoms with Crippen molar-refractivity contribution in [1.29, 1.82) is 0 Å². The summed E-state index contributed by atoms with van der Waals surface area (Å²) in [6.07, 6.45) is 2.66. The highest BCUT2D eigenvalue weighted by Gasteiger charge is 2.27. The number of carbonyl (C=O) groups is 1. The van der Waals surface area contributed by atoms with Crippen molar-refractivity contribution in [2.75, 3.05) is 12.4 Å². The second kappa shape index (κ2) is 6.63. The Bertz CT molecular complexity index is 946. The lowest BCUT2D eigenvalue weighted by Crippen LogP contribution is -2.15. The maximum atomic E-state index is 13.2. The summed E-state index contributed by atoms with van der Waals surface area (Å²) in [4.78, 5) is 12.7. The first-order valence-corrected chi connectivity index (χ1v) is 8.48. The number of hydrogen-bond donors (Lipinski definition) is 1. The summed E-state index contributed by atoms with van der Waals surface area (Å²) in [7, 11) is 1.60. The number of benzene rings is 2. The molecule has 2 aromatic carbocycles. The Morgan fingerprint density at radius 2 is 1.85 bits per heavy atom. The minimum atomic E-state index is -0.296. The molecule has 0 saturated carbocycles. The zero-order valence-electron chi connectivity index (χ0n) is 14.3. The summed E-state index contributed by atoms with van der Waals surface area (Å²) in [5.41, 5.74) is 3.86. The SMILES string of the molecule is COc1ccc(NC(=O)c2nn(-c3ccc(F)cc3)c3c2CCC3)cc1. The Balaban J connectivity index is 1.65. The molecule has 0 spiro atoms. The number of carbonyl (C=O) groups excluding carboxylic acids is 1. The number of hydrogen-bond acceptors (Lipinski definition) is 3. The first-order valence-electron chi connectivity index (χ1n) is 8.48. The molecule has 3 aromatic rings. The lowest BCUT2D eigenvalue weighted by atomic mass is 10.2. The number of anilines is 1. The number of rotatable bonds is 4. The van der Waals surface area contributed by atoms with Gasteiger partial charge in [0.25, 0.3) is 5.91 Å². The van der Waals surface area contributed by atoms with Crippen LogP contribution >= 0.6 is 0 Å². The van der Waals surface area contributed by atoms with E-state index >= 15 is 0 Å². The first kappa shape index (κ1) is 16.3. The predicted octanol–water partition coefficient (Wildman–Crippen LogP) is 3.76. The van der Waals surface area contributed by atoms with Crippen molar-refractivity contribution in [1.82, 2.24) is 9.78 Å². The normalized spacial score (nSPS) is 12.7. The molecule has 26 heavy (non-hydrogen) atoms. The Morgan fingerprint density at radius 3 is 2.54 bits per heavy atom. The van der Waals surface area contributed by atoms with E-state index in [1.807, 2.05) is 0 Å². The molecule has 1 aliphatic rings. The number of nitrogens with one attached hydrogen (secondary N) is 1. The fourth-order valence-electron chi connectivity index (χ4n) is 3.28. The molecular weight excluding hydrogens is 333 g/mol. The summed E-state index contributed by atoms with van der Waals surface area (Å²) in [6, 6.07) is 13.3. The van der Waals surface area contributed by atoms with Crippen LogP contribution in [0.15, 0.2) is 48.5 Å². The van der Waals surface area contributed by atoms with Crippen LogP contribution in [0.3, 0.4) is 0 Å². The summed E-state index contributed by atoms with van der Waals surface area (Å²) < 4.78 is 20.1. The van der Waals surface area contributed by atoms with Gasteiger partial charge in [0.05, 0.1) is 12.8 Å². The van der Waals surface area contributed by atoms with E-state index in [1.165, 1.54) is 12.1 Å². The molecule has 0 radical (unpaired) electrons. The largest absolute Gasteiger partial charge is 0.497 e. The molecule has 4 rings (SSSR count). The molecule has 0 atom stereocenters. The molecule has 0 saturated heterocycles. The van der Waals surface area contributed by atoms with E-state index in [9.17, 15) is 9.18 Å². The minimum Gasteiger partial charge on any atom is -0.497 e. The average Bonchev–Trinajstić information content (AvgIpc) is 3.26. The maximum Gasteiger partial charge on any atom is 0.276 e. The van der Waals surface area contributed by atoms with E-state index in [2.05, 4.69) is 10.4 Å². The number of fused-ring (bicyclic) bond motifs is 1. The summed E-state index contributed by atoms with van der Waals surface area (Å²) >= 11 is 0. The van der Waals surface area contributed by atoms with Crippen molar-refractivity contribution in [3.8, 4) is 11.4 Å². The molecule has 132 valence electrons. The molecule has 1 amide bonds. The van der Waals surface area contributed by atoms with Gasteiger partial charge < -0.3 is 10.1 Å². The van der Waals surface area contributed by atoms with Crippen LogP contribution in [0.1, 0.15) is 28.2 Å². The van der Waals surface area contributed by atoms with Gasteiger partial charge in [0, 0.05) is 16.9 Å². The predicted molar refractivity (Wildman–Crippen MR) is 96.5 cm³/mol. The van der Waals surface area contributed by atoms with E-state index in [0.717, 1.165) is 42.0 Å². The topological polar surface area (TPSA) is 56.1 Å². The van der Waals surface area contributed by atoms with Gasteiger partial charge in [0.1, 0.15) is 11.6 Å². The molecule has 0 unspecified atom stereocenters. The van der Waals surface area contributed by atoms with Crippen LogP contribution in [0.2, 0.25) is 0 Å². The van der Waals surface area contributed by atoms with Gasteiger partial charge in [-0.3, -0.25) is 4.79 Å². The number of aromatic nitrogens is 2. The monoisotopic (exact) mass is 351 g/mol. The Kier molecular flexibility index (Phi) is 4.16. The van der Waals surface area contributed by atoms with Crippen LogP contribution in [-0.4, -0.2) is 22.8 Å². The van der Waals surface area contributed by atoms with Gasteiger partial charge in [0.2, 0.25) is 0 Å². The summed E-state index contributed by atoms with van der Waals surface area (Å²) in [6.45, 7) is 0. The minimum absolute atomic E-state index is 0.242. The third-order valence-electron chi connectivity index (χ3n) is 4.56. The fourth-order valence-corrected chi connectivity index (χ4v) is 3.28. The summed E-state index contributed by atoms with van der Waals surface area (Å²) in [5.74, 6) is 0.189. The molecule has 1 N–H and O–H groups in total. The summed E-state index contributed by atoms with van der Waals surface area (Å²) in [5, 5.41) is 7.40. The van der Waals surface area contributed by atoms with Crippen molar-refractivity contribution in [3.05, 3.63) is 71.3 Å². The molecule has 0 aliphatic heterocycles.